The smallest absolute Gasteiger partial charge is 0.255 e. The van der Waals surface area contributed by atoms with E-state index >= 15 is 0 Å². The number of ether oxygens (including phenoxy) is 1. The molecule has 0 atom stereocenters. The van der Waals surface area contributed by atoms with Gasteiger partial charge in [-0.15, -0.1) is 0 Å². The molecule has 0 radical (unpaired) electrons. The van der Waals surface area contributed by atoms with E-state index in [1.54, 1.807) is 36.4 Å². The van der Waals surface area contributed by atoms with Crippen LogP contribution in [-0.4, -0.2) is 26.4 Å². The molecule has 1 heterocycles. The molecule has 2 N–H and O–H groups in total. The monoisotopic (exact) mass is 440 g/mol. The third kappa shape index (κ3) is 3.65. The summed E-state index contributed by atoms with van der Waals surface area (Å²) in [5, 5.41) is 3.47. The lowest BCUT2D eigenvalue weighted by atomic mass is 10.1. The van der Waals surface area contributed by atoms with Crippen LogP contribution in [0.15, 0.2) is 82.7 Å². The fourth-order valence-electron chi connectivity index (χ4n) is 3.16. The molecule has 0 unspecified atom stereocenters. The molecule has 152 valence electrons. The number of aromatic amines is 1. The zero-order valence-electron chi connectivity index (χ0n) is 15.8. The number of aromatic nitrogens is 1. The van der Waals surface area contributed by atoms with Gasteiger partial charge in [-0.25, -0.2) is 8.42 Å². The predicted molar refractivity (Wildman–Crippen MR) is 116 cm³/mol. The van der Waals surface area contributed by atoms with E-state index in [1.807, 2.05) is 18.2 Å². The van der Waals surface area contributed by atoms with E-state index in [0.29, 0.717) is 22.2 Å². The van der Waals surface area contributed by atoms with E-state index in [1.165, 1.54) is 25.4 Å². The maximum absolute atomic E-state index is 13.4. The second-order valence-electron chi connectivity index (χ2n) is 6.53. The van der Waals surface area contributed by atoms with Gasteiger partial charge >= 0.3 is 0 Å². The molecule has 0 fully saturated rings. The average Bonchev–Trinajstić information content (AvgIpc) is 3.18. The number of carbonyl (C=O) groups excluding carboxylic acids is 1. The number of halogens is 1. The lowest BCUT2D eigenvalue weighted by molar-refractivity contribution is 0.102. The Hall–Kier alpha value is -3.29. The highest BCUT2D eigenvalue weighted by Crippen LogP contribution is 2.35. The van der Waals surface area contributed by atoms with Gasteiger partial charge in [0.1, 0.15) is 10.6 Å². The lowest BCUT2D eigenvalue weighted by Gasteiger charge is -2.10. The Bertz CT molecular complexity index is 1350. The van der Waals surface area contributed by atoms with E-state index in [0.717, 1.165) is 0 Å². The molecule has 4 aromatic rings. The molecule has 0 spiro atoms. The molecule has 4 rings (SSSR count). The fraction of sp³-hybridized carbons (Fsp3) is 0.0455. The van der Waals surface area contributed by atoms with Gasteiger partial charge in [-0.1, -0.05) is 29.8 Å². The third-order valence-electron chi connectivity index (χ3n) is 4.64. The molecule has 0 aliphatic heterocycles. The van der Waals surface area contributed by atoms with Crippen LogP contribution in [0.2, 0.25) is 5.02 Å². The number of hydrogen-bond acceptors (Lipinski definition) is 4. The van der Waals surface area contributed by atoms with Gasteiger partial charge in [0, 0.05) is 33.4 Å². The Balaban J connectivity index is 1.78. The SMILES string of the molecule is COc1ccc(Cl)cc1S(=O)(=O)c1c[nH]c2ccc(C(=O)Nc3ccccc3)cc12. The number of para-hydroxylation sites is 1. The molecule has 3 aromatic carbocycles. The van der Waals surface area contributed by atoms with E-state index < -0.39 is 9.84 Å². The Labute approximate surface area is 178 Å². The number of hydrogen-bond donors (Lipinski definition) is 2. The van der Waals surface area contributed by atoms with Crippen molar-refractivity contribution in [2.45, 2.75) is 9.79 Å². The summed E-state index contributed by atoms with van der Waals surface area (Å²) in [6.07, 6.45) is 1.40. The van der Waals surface area contributed by atoms with E-state index in [2.05, 4.69) is 10.3 Å². The van der Waals surface area contributed by atoms with Crippen molar-refractivity contribution in [3.8, 4) is 5.75 Å². The number of sulfone groups is 1. The average molecular weight is 441 g/mol. The maximum Gasteiger partial charge on any atom is 0.255 e. The van der Waals surface area contributed by atoms with Crippen LogP contribution in [0.1, 0.15) is 10.4 Å². The number of fused-ring (bicyclic) bond motifs is 1. The molecule has 0 saturated heterocycles. The Morgan fingerprint density at radius 1 is 1.00 bits per heavy atom. The first-order valence-electron chi connectivity index (χ1n) is 8.96. The molecule has 0 bridgehead atoms. The van der Waals surface area contributed by atoms with Crippen LogP contribution in [0.3, 0.4) is 0 Å². The van der Waals surface area contributed by atoms with E-state index in [4.69, 9.17) is 16.3 Å². The number of rotatable bonds is 5. The Morgan fingerprint density at radius 2 is 1.77 bits per heavy atom. The summed E-state index contributed by atoms with van der Waals surface area (Å²) in [4.78, 5) is 15.6. The largest absolute Gasteiger partial charge is 0.495 e. The van der Waals surface area contributed by atoms with Crippen molar-refractivity contribution in [1.29, 1.82) is 0 Å². The van der Waals surface area contributed by atoms with Crippen LogP contribution in [0.5, 0.6) is 5.75 Å². The minimum absolute atomic E-state index is 0.0347. The van der Waals surface area contributed by atoms with Crippen molar-refractivity contribution in [2.75, 3.05) is 12.4 Å². The predicted octanol–water partition coefficient (Wildman–Crippen LogP) is 4.92. The normalized spacial score (nSPS) is 11.4. The standard InChI is InChI=1S/C22H17ClN2O4S/c1-29-19-10-8-15(23)12-20(19)30(27,28)21-13-24-18-9-7-14(11-17(18)21)22(26)25-16-5-3-2-4-6-16/h2-13,24H,1H3,(H,25,26). The van der Waals surface area contributed by atoms with Crippen LogP contribution in [0, 0.1) is 0 Å². The first-order chi connectivity index (χ1) is 14.4. The molecule has 1 aromatic heterocycles. The van der Waals surface area contributed by atoms with E-state index in [-0.39, 0.29) is 26.5 Å². The van der Waals surface area contributed by atoms with Crippen LogP contribution in [0.25, 0.3) is 10.9 Å². The summed E-state index contributed by atoms with van der Waals surface area (Å²) in [5.41, 5.74) is 1.57. The summed E-state index contributed by atoms with van der Waals surface area (Å²) in [6, 6.07) is 18.3. The number of methoxy groups -OCH3 is 1. The number of anilines is 1. The van der Waals surface area contributed by atoms with Crippen LogP contribution in [0.4, 0.5) is 5.69 Å². The maximum atomic E-state index is 13.4. The number of H-pyrrole nitrogens is 1. The topological polar surface area (TPSA) is 88.3 Å². The van der Waals surface area contributed by atoms with Crippen molar-refractivity contribution < 1.29 is 17.9 Å². The highest BCUT2D eigenvalue weighted by molar-refractivity contribution is 7.91. The molecule has 0 saturated carbocycles. The first kappa shape index (κ1) is 20.0. The van der Waals surface area contributed by atoms with Gasteiger partial charge in [-0.05, 0) is 48.5 Å². The Kier molecular flexibility index (Phi) is 5.24. The van der Waals surface area contributed by atoms with Crippen LogP contribution in [-0.2, 0) is 9.84 Å². The number of nitrogens with one attached hydrogen (secondary N) is 2. The minimum atomic E-state index is -3.96. The summed E-state index contributed by atoms with van der Waals surface area (Å²) in [7, 11) is -2.57. The summed E-state index contributed by atoms with van der Waals surface area (Å²) < 4.78 is 31.9. The number of benzene rings is 3. The fourth-order valence-corrected chi connectivity index (χ4v) is 5.01. The van der Waals surface area contributed by atoms with Gasteiger partial charge in [0.25, 0.3) is 5.91 Å². The molecule has 30 heavy (non-hydrogen) atoms. The van der Waals surface area contributed by atoms with Crippen molar-refractivity contribution >= 4 is 43.9 Å². The molecule has 8 heteroatoms. The van der Waals surface area contributed by atoms with Crippen molar-refractivity contribution in [2.24, 2.45) is 0 Å². The molecular weight excluding hydrogens is 424 g/mol. The summed E-state index contributed by atoms with van der Waals surface area (Å²) >= 11 is 6.02. The van der Waals surface area contributed by atoms with Gasteiger partial charge in [0.15, 0.2) is 0 Å². The first-order valence-corrected chi connectivity index (χ1v) is 10.8. The molecule has 1 amide bonds. The van der Waals surface area contributed by atoms with Crippen molar-refractivity contribution in [3.63, 3.8) is 0 Å². The second kappa shape index (κ2) is 7.85. The van der Waals surface area contributed by atoms with E-state index in [9.17, 15) is 13.2 Å². The second-order valence-corrected chi connectivity index (χ2v) is 8.86. The van der Waals surface area contributed by atoms with Gasteiger partial charge in [-0.3, -0.25) is 4.79 Å². The van der Waals surface area contributed by atoms with Gasteiger partial charge in [0.05, 0.1) is 12.0 Å². The van der Waals surface area contributed by atoms with Crippen LogP contribution >= 0.6 is 11.6 Å². The van der Waals surface area contributed by atoms with Crippen LogP contribution < -0.4 is 10.1 Å². The molecule has 6 nitrogen and oxygen atoms in total. The van der Waals surface area contributed by atoms with Gasteiger partial charge in [0.2, 0.25) is 9.84 Å². The summed E-state index contributed by atoms with van der Waals surface area (Å²) in [5.74, 6) is -0.153. The lowest BCUT2D eigenvalue weighted by Crippen LogP contribution is -2.11. The quantitative estimate of drug-likeness (QED) is 0.461. The van der Waals surface area contributed by atoms with Gasteiger partial charge < -0.3 is 15.0 Å². The highest BCUT2D eigenvalue weighted by Gasteiger charge is 2.26. The zero-order chi connectivity index (χ0) is 21.3. The molecule has 0 aliphatic rings. The van der Waals surface area contributed by atoms with Gasteiger partial charge in [-0.2, -0.15) is 0 Å². The van der Waals surface area contributed by atoms with Crippen molar-refractivity contribution in [3.05, 3.63) is 83.5 Å². The minimum Gasteiger partial charge on any atom is -0.495 e. The summed E-state index contributed by atoms with van der Waals surface area (Å²) in [6.45, 7) is 0. The number of amides is 1. The molecule has 0 aliphatic carbocycles. The third-order valence-corrected chi connectivity index (χ3v) is 6.69. The molecular formula is C22H17ClN2O4S. The Morgan fingerprint density at radius 3 is 2.50 bits per heavy atom. The number of carbonyl (C=O) groups is 1. The highest BCUT2D eigenvalue weighted by atomic mass is 35.5. The zero-order valence-corrected chi connectivity index (χ0v) is 17.4. The van der Waals surface area contributed by atoms with Crippen molar-refractivity contribution in [1.82, 2.24) is 4.98 Å².